The van der Waals surface area contributed by atoms with Crippen molar-refractivity contribution in [1.29, 1.82) is 0 Å². The number of allylic oxidation sites excluding steroid dienone is 2. The largest absolute Gasteiger partial charge is 0.388 e. The van der Waals surface area contributed by atoms with Gasteiger partial charge >= 0.3 is 0 Å². The molecule has 1 unspecified atom stereocenters. The van der Waals surface area contributed by atoms with Gasteiger partial charge in [0.1, 0.15) is 5.78 Å². The predicted molar refractivity (Wildman–Crippen MR) is 79.8 cm³/mol. The van der Waals surface area contributed by atoms with Gasteiger partial charge in [-0.25, -0.2) is 0 Å². The van der Waals surface area contributed by atoms with Crippen LogP contribution in [0.1, 0.15) is 59.8 Å². The van der Waals surface area contributed by atoms with Crippen LogP contribution >= 0.6 is 0 Å². The van der Waals surface area contributed by atoms with Gasteiger partial charge in [-0.2, -0.15) is 0 Å². The van der Waals surface area contributed by atoms with E-state index in [-0.39, 0.29) is 5.92 Å². The molecule has 0 amide bonds. The number of Topliss-reactive ketones (excluding diaryl/α,β-unsaturated/α-hetero) is 1. The van der Waals surface area contributed by atoms with Crippen molar-refractivity contribution in [2.75, 3.05) is 6.54 Å². The number of hydrogen-bond acceptors (Lipinski definition) is 2. The first-order valence-electron chi connectivity index (χ1n) is 7.98. The molecule has 3 atom stereocenters. The maximum Gasteiger partial charge on any atom is 0.132 e. The molecule has 2 aliphatic carbocycles. The van der Waals surface area contributed by atoms with Gasteiger partial charge in [0.05, 0.1) is 0 Å². The van der Waals surface area contributed by atoms with Gasteiger partial charge in [-0.1, -0.05) is 27.2 Å². The van der Waals surface area contributed by atoms with Gasteiger partial charge in [-0.05, 0) is 55.9 Å². The Hall–Kier alpha value is -0.790. The summed E-state index contributed by atoms with van der Waals surface area (Å²) in [6.45, 7) is 9.52. The molecule has 0 aliphatic heterocycles. The zero-order valence-electron chi connectivity index (χ0n) is 13.0. The van der Waals surface area contributed by atoms with E-state index < -0.39 is 0 Å². The maximum atomic E-state index is 11.7. The van der Waals surface area contributed by atoms with Crippen molar-refractivity contribution in [2.24, 2.45) is 23.7 Å². The van der Waals surface area contributed by atoms with Gasteiger partial charge in [-0.15, -0.1) is 0 Å². The summed E-state index contributed by atoms with van der Waals surface area (Å²) >= 11 is 0. The number of rotatable bonds is 8. The molecule has 2 aliphatic rings. The normalized spacial score (nSPS) is 26.6. The molecule has 1 N–H and O–H groups in total. The molecule has 1 saturated carbocycles. The quantitative estimate of drug-likeness (QED) is 0.719. The third kappa shape index (κ3) is 3.61. The van der Waals surface area contributed by atoms with Crippen molar-refractivity contribution in [2.45, 2.75) is 59.8 Å². The van der Waals surface area contributed by atoms with Crippen molar-refractivity contribution >= 4 is 5.78 Å². The monoisotopic (exact) mass is 263 g/mol. The molecular formula is C17H29NO. The second-order valence-corrected chi connectivity index (χ2v) is 6.86. The van der Waals surface area contributed by atoms with Crippen LogP contribution in [-0.4, -0.2) is 12.3 Å². The summed E-state index contributed by atoms with van der Waals surface area (Å²) in [4.78, 5) is 11.7. The molecule has 1 fully saturated rings. The molecule has 0 bridgehead atoms. The highest BCUT2D eigenvalue weighted by Crippen LogP contribution is 2.55. The first-order chi connectivity index (χ1) is 9.00. The molecule has 0 spiro atoms. The summed E-state index contributed by atoms with van der Waals surface area (Å²) in [5.41, 5.74) is 3.19. The summed E-state index contributed by atoms with van der Waals surface area (Å²) in [5.74, 6) is 3.05. The van der Waals surface area contributed by atoms with Crippen molar-refractivity contribution in [3.05, 3.63) is 11.3 Å². The van der Waals surface area contributed by atoms with Crippen molar-refractivity contribution in [1.82, 2.24) is 5.32 Å². The molecule has 108 valence electrons. The fourth-order valence-electron chi connectivity index (χ4n) is 3.49. The highest BCUT2D eigenvalue weighted by Gasteiger charge is 2.46. The van der Waals surface area contributed by atoms with Crippen molar-refractivity contribution < 1.29 is 4.79 Å². The first-order valence-corrected chi connectivity index (χ1v) is 7.98. The number of ketones is 1. The molecule has 0 saturated heterocycles. The number of carbonyl (C=O) groups is 1. The van der Waals surface area contributed by atoms with Crippen LogP contribution in [0.15, 0.2) is 11.3 Å². The average molecular weight is 263 g/mol. The Morgan fingerprint density at radius 1 is 1.32 bits per heavy atom. The van der Waals surface area contributed by atoms with E-state index in [1.165, 1.54) is 18.5 Å². The molecule has 0 radical (unpaired) electrons. The second-order valence-electron chi connectivity index (χ2n) is 6.86. The minimum atomic E-state index is 0.259. The number of fused-ring (bicyclic) bond motifs is 1. The fraction of sp³-hybridized carbons (Fsp3) is 0.824. The lowest BCUT2D eigenvalue weighted by molar-refractivity contribution is -0.121. The van der Waals surface area contributed by atoms with E-state index >= 15 is 0 Å². The highest BCUT2D eigenvalue weighted by molar-refractivity contribution is 5.78. The summed E-state index contributed by atoms with van der Waals surface area (Å²) in [6, 6.07) is 0. The van der Waals surface area contributed by atoms with Crippen molar-refractivity contribution in [3.8, 4) is 0 Å². The Morgan fingerprint density at radius 2 is 2.05 bits per heavy atom. The van der Waals surface area contributed by atoms with E-state index in [4.69, 9.17) is 0 Å². The van der Waals surface area contributed by atoms with Crippen LogP contribution in [0.25, 0.3) is 0 Å². The summed E-state index contributed by atoms with van der Waals surface area (Å²) in [7, 11) is 0. The van der Waals surface area contributed by atoms with Gasteiger partial charge in [0.2, 0.25) is 0 Å². The Labute approximate surface area is 118 Å². The second kappa shape index (κ2) is 6.11. The van der Waals surface area contributed by atoms with E-state index in [2.05, 4.69) is 26.1 Å². The molecular weight excluding hydrogens is 234 g/mol. The van der Waals surface area contributed by atoms with Crippen LogP contribution in [0.5, 0.6) is 0 Å². The van der Waals surface area contributed by atoms with Crippen LogP contribution in [0, 0.1) is 23.7 Å². The van der Waals surface area contributed by atoms with Gasteiger partial charge in [0, 0.05) is 18.2 Å². The van der Waals surface area contributed by atoms with E-state index in [1.807, 2.05) is 0 Å². The summed E-state index contributed by atoms with van der Waals surface area (Å²) in [5, 5.41) is 3.60. The molecule has 2 nitrogen and oxygen atoms in total. The molecule has 0 aromatic heterocycles. The summed E-state index contributed by atoms with van der Waals surface area (Å²) in [6.07, 6.45) is 5.80. The standard InChI is InChI=1S/C17H29NO/c1-11(2)5-6-14(13(4)19)9-10-18-16-8-7-15-12(3)17(15)16/h11-12,14-15,18H,5-10H2,1-4H3/t12-,14?,15+/m1/s1. The molecule has 0 aromatic rings. The maximum absolute atomic E-state index is 11.7. The lowest BCUT2D eigenvalue weighted by Crippen LogP contribution is -2.21. The molecule has 0 aromatic carbocycles. The Kier molecular flexibility index (Phi) is 4.70. The smallest absolute Gasteiger partial charge is 0.132 e. The first kappa shape index (κ1) is 14.6. The Bertz CT molecular complexity index is 369. The van der Waals surface area contributed by atoms with Crippen molar-refractivity contribution in [3.63, 3.8) is 0 Å². The zero-order valence-corrected chi connectivity index (χ0v) is 13.0. The number of carbonyl (C=O) groups excluding carboxylic acids is 1. The third-order valence-electron chi connectivity index (χ3n) is 4.94. The fourth-order valence-corrected chi connectivity index (χ4v) is 3.49. The van der Waals surface area contributed by atoms with Gasteiger partial charge in [-0.3, -0.25) is 4.79 Å². The molecule has 2 rings (SSSR count). The van der Waals surface area contributed by atoms with E-state index in [1.54, 1.807) is 12.5 Å². The Balaban J connectivity index is 1.72. The summed E-state index contributed by atoms with van der Waals surface area (Å²) < 4.78 is 0. The number of hydrogen-bond donors (Lipinski definition) is 1. The molecule has 19 heavy (non-hydrogen) atoms. The molecule has 0 heterocycles. The van der Waals surface area contributed by atoms with E-state index in [0.717, 1.165) is 37.6 Å². The average Bonchev–Trinajstić information content (AvgIpc) is 2.80. The third-order valence-corrected chi connectivity index (χ3v) is 4.94. The Morgan fingerprint density at radius 3 is 2.58 bits per heavy atom. The minimum absolute atomic E-state index is 0.259. The lowest BCUT2D eigenvalue weighted by atomic mass is 9.92. The van der Waals surface area contributed by atoms with Gasteiger partial charge in [0.15, 0.2) is 0 Å². The van der Waals surface area contributed by atoms with Crippen LogP contribution in [0.2, 0.25) is 0 Å². The molecule has 2 heteroatoms. The van der Waals surface area contributed by atoms with Crippen LogP contribution in [0.4, 0.5) is 0 Å². The number of nitrogens with one attached hydrogen (secondary N) is 1. The lowest BCUT2D eigenvalue weighted by Gasteiger charge is -2.16. The van der Waals surface area contributed by atoms with E-state index in [0.29, 0.717) is 11.7 Å². The van der Waals surface area contributed by atoms with Crippen LogP contribution in [0.3, 0.4) is 0 Å². The topological polar surface area (TPSA) is 29.1 Å². The minimum Gasteiger partial charge on any atom is -0.388 e. The van der Waals surface area contributed by atoms with Crippen LogP contribution in [-0.2, 0) is 4.79 Å². The van der Waals surface area contributed by atoms with Crippen LogP contribution < -0.4 is 5.32 Å². The zero-order chi connectivity index (χ0) is 14.0. The highest BCUT2D eigenvalue weighted by atomic mass is 16.1. The van der Waals surface area contributed by atoms with Gasteiger partial charge < -0.3 is 5.32 Å². The predicted octanol–water partition coefficient (Wildman–Crippen LogP) is 3.92. The van der Waals surface area contributed by atoms with Gasteiger partial charge in [0.25, 0.3) is 0 Å². The SMILES string of the molecule is CC(=O)C(CCNC1=C2[C@@H](CC1)[C@H]2C)CCC(C)C. The van der Waals surface area contributed by atoms with E-state index in [9.17, 15) is 4.79 Å².